The Bertz CT molecular complexity index is 1450. The highest BCUT2D eigenvalue weighted by Gasteiger charge is 2.25. The largest absolute Gasteiger partial charge is 0.508 e. The van der Waals surface area contributed by atoms with Crippen molar-refractivity contribution in [1.29, 1.82) is 0 Å². The molecule has 0 aliphatic carbocycles. The van der Waals surface area contributed by atoms with Gasteiger partial charge in [-0.1, -0.05) is 13.0 Å². The maximum Gasteiger partial charge on any atom is 0.318 e. The summed E-state index contributed by atoms with van der Waals surface area (Å²) in [5.41, 5.74) is 0.592. The first-order valence-corrected chi connectivity index (χ1v) is 11.7. The minimum atomic E-state index is -0.738. The molecule has 188 valence electrons. The van der Waals surface area contributed by atoms with Crippen molar-refractivity contribution in [3.63, 3.8) is 0 Å². The predicted molar refractivity (Wildman–Crippen MR) is 131 cm³/mol. The molecule has 0 spiro atoms. The van der Waals surface area contributed by atoms with Crippen molar-refractivity contribution in [1.82, 2.24) is 15.0 Å². The van der Waals surface area contributed by atoms with Crippen LogP contribution in [0.4, 0.5) is 14.6 Å². The number of hydrogen-bond acceptors (Lipinski definition) is 8. The second kappa shape index (κ2) is 9.79. The number of rotatable bonds is 5. The number of ether oxygens (including phenoxy) is 2. The maximum atomic E-state index is 16.2. The van der Waals surface area contributed by atoms with E-state index in [1.807, 2.05) is 11.8 Å². The van der Waals surface area contributed by atoms with Crippen LogP contribution in [0.2, 0.25) is 0 Å². The Balaban J connectivity index is 1.75. The van der Waals surface area contributed by atoms with Gasteiger partial charge < -0.3 is 24.6 Å². The van der Waals surface area contributed by atoms with Gasteiger partial charge >= 0.3 is 6.01 Å². The van der Waals surface area contributed by atoms with Crippen molar-refractivity contribution in [3.8, 4) is 23.0 Å². The molecular weight excluding hydrogens is 470 g/mol. The Kier molecular flexibility index (Phi) is 6.55. The number of pyridine rings is 1. The van der Waals surface area contributed by atoms with E-state index < -0.39 is 11.6 Å². The van der Waals surface area contributed by atoms with Crippen molar-refractivity contribution < 1.29 is 28.5 Å². The summed E-state index contributed by atoms with van der Waals surface area (Å²) in [4.78, 5) is 15.0. The molecule has 1 saturated heterocycles. The molecule has 0 amide bonds. The summed E-state index contributed by atoms with van der Waals surface area (Å²) in [6, 6.07) is 5.76. The molecule has 36 heavy (non-hydrogen) atoms. The third-order valence-electron chi connectivity index (χ3n) is 6.48. The molecule has 2 aromatic heterocycles. The smallest absolute Gasteiger partial charge is 0.318 e. The van der Waals surface area contributed by atoms with Gasteiger partial charge in [0.1, 0.15) is 28.6 Å². The van der Waals surface area contributed by atoms with Gasteiger partial charge in [0.2, 0.25) is 0 Å². The second-order valence-electron chi connectivity index (χ2n) is 8.76. The number of phenols is 1. The summed E-state index contributed by atoms with van der Waals surface area (Å²) in [7, 11) is 1.39. The molecular formula is C26H26F2N4O4. The van der Waals surface area contributed by atoms with Crippen molar-refractivity contribution in [2.45, 2.75) is 13.3 Å². The van der Waals surface area contributed by atoms with E-state index in [1.54, 1.807) is 6.07 Å². The Morgan fingerprint density at radius 3 is 2.81 bits per heavy atom. The standard InChI is InChI=1S/C26H26F2N4O4/c1-3-17-20(27)5-4-15-8-16(34)9-18(21(15)17)23-22(28)24-19(10-29-23)25(31-26(30-24)35-2)32-6-7-36-13-14(11-32)12-33/h4-5,8-10,14,33-34H,3,6-7,11-13H2,1-2H3. The average Bonchev–Trinajstić information content (AvgIpc) is 3.14. The Hall–Kier alpha value is -3.63. The van der Waals surface area contributed by atoms with E-state index in [4.69, 9.17) is 9.47 Å². The molecule has 10 heteroatoms. The van der Waals surface area contributed by atoms with Crippen molar-refractivity contribution in [2.75, 3.05) is 44.9 Å². The number of halogens is 2. The number of aliphatic hydroxyl groups excluding tert-OH is 1. The third-order valence-corrected chi connectivity index (χ3v) is 6.48. The molecule has 0 saturated carbocycles. The van der Waals surface area contributed by atoms with Crippen LogP contribution in [-0.2, 0) is 11.2 Å². The van der Waals surface area contributed by atoms with Crippen LogP contribution < -0.4 is 9.64 Å². The van der Waals surface area contributed by atoms with Gasteiger partial charge in [-0.15, -0.1) is 0 Å². The van der Waals surface area contributed by atoms with E-state index in [0.29, 0.717) is 60.3 Å². The van der Waals surface area contributed by atoms with Gasteiger partial charge in [0.05, 0.1) is 25.7 Å². The van der Waals surface area contributed by atoms with E-state index in [1.165, 1.54) is 31.5 Å². The molecule has 0 radical (unpaired) electrons. The maximum absolute atomic E-state index is 16.2. The lowest BCUT2D eigenvalue weighted by atomic mass is 9.94. The Labute approximate surface area is 206 Å². The number of phenolic OH excluding ortho intramolecular Hbond substituents is 1. The normalized spacial score (nSPS) is 16.5. The lowest BCUT2D eigenvalue weighted by Gasteiger charge is -2.25. The summed E-state index contributed by atoms with van der Waals surface area (Å²) in [6.45, 7) is 3.50. The fraction of sp³-hybridized carbons (Fsp3) is 0.346. The lowest BCUT2D eigenvalue weighted by Crippen LogP contribution is -2.32. The fourth-order valence-electron chi connectivity index (χ4n) is 4.76. The SMILES string of the molecule is CCc1c(F)ccc2cc(O)cc(-c3ncc4c(N5CCOCC(CO)C5)nc(OC)nc4c3F)c12. The first kappa shape index (κ1) is 24.1. The molecule has 8 nitrogen and oxygen atoms in total. The molecule has 4 aromatic rings. The molecule has 1 aliphatic rings. The molecule has 1 atom stereocenters. The minimum Gasteiger partial charge on any atom is -0.508 e. The number of aliphatic hydroxyl groups is 1. The fourth-order valence-corrected chi connectivity index (χ4v) is 4.76. The molecule has 2 N–H and O–H groups in total. The minimum absolute atomic E-state index is 0.0153. The zero-order valence-electron chi connectivity index (χ0n) is 20.0. The van der Waals surface area contributed by atoms with Crippen LogP contribution in [0.3, 0.4) is 0 Å². The molecule has 1 unspecified atom stereocenters. The predicted octanol–water partition coefficient (Wildman–Crippen LogP) is 3.84. The van der Waals surface area contributed by atoms with Crippen molar-refractivity contribution in [3.05, 3.63) is 47.7 Å². The summed E-state index contributed by atoms with van der Waals surface area (Å²) in [5, 5.41) is 21.5. The highest BCUT2D eigenvalue weighted by molar-refractivity contribution is 6.01. The second-order valence-corrected chi connectivity index (χ2v) is 8.76. The van der Waals surface area contributed by atoms with Gasteiger partial charge in [-0.3, -0.25) is 4.98 Å². The zero-order chi connectivity index (χ0) is 25.4. The molecule has 0 bridgehead atoms. The van der Waals surface area contributed by atoms with Crippen LogP contribution in [0.15, 0.2) is 30.5 Å². The first-order chi connectivity index (χ1) is 17.4. The topological polar surface area (TPSA) is 101 Å². The van der Waals surface area contributed by atoms with E-state index in [0.717, 1.165) is 0 Å². The number of anilines is 1. The molecule has 5 rings (SSSR count). The lowest BCUT2D eigenvalue weighted by molar-refractivity contribution is 0.0959. The number of fused-ring (bicyclic) bond motifs is 2. The van der Waals surface area contributed by atoms with E-state index in [9.17, 15) is 14.6 Å². The zero-order valence-corrected chi connectivity index (χ0v) is 20.0. The van der Waals surface area contributed by atoms with Crippen molar-refractivity contribution in [2.24, 2.45) is 5.92 Å². The van der Waals surface area contributed by atoms with Gasteiger partial charge in [-0.05, 0) is 41.0 Å². The van der Waals surface area contributed by atoms with Crippen LogP contribution in [0.25, 0.3) is 32.9 Å². The van der Waals surface area contributed by atoms with Crippen molar-refractivity contribution >= 4 is 27.5 Å². The molecule has 3 heterocycles. The Morgan fingerprint density at radius 1 is 1.22 bits per heavy atom. The van der Waals surface area contributed by atoms with Crippen LogP contribution >= 0.6 is 0 Å². The average molecular weight is 497 g/mol. The third kappa shape index (κ3) is 4.16. The van der Waals surface area contributed by atoms with Crippen LogP contribution in [0, 0.1) is 17.6 Å². The first-order valence-electron chi connectivity index (χ1n) is 11.7. The molecule has 2 aromatic carbocycles. The summed E-state index contributed by atoms with van der Waals surface area (Å²) >= 11 is 0. The number of aryl methyl sites for hydroxylation is 1. The molecule has 1 fully saturated rings. The van der Waals surface area contributed by atoms with Gasteiger partial charge in [0, 0.05) is 37.4 Å². The highest BCUT2D eigenvalue weighted by atomic mass is 19.1. The van der Waals surface area contributed by atoms with E-state index in [-0.39, 0.29) is 41.1 Å². The number of hydrogen-bond donors (Lipinski definition) is 2. The van der Waals surface area contributed by atoms with E-state index in [2.05, 4.69) is 15.0 Å². The van der Waals surface area contributed by atoms with Gasteiger partial charge in [-0.25, -0.2) is 8.78 Å². The van der Waals surface area contributed by atoms with Crippen LogP contribution in [0.5, 0.6) is 11.8 Å². The monoisotopic (exact) mass is 496 g/mol. The van der Waals surface area contributed by atoms with Crippen LogP contribution in [-0.4, -0.2) is 65.2 Å². The number of benzene rings is 2. The van der Waals surface area contributed by atoms with Gasteiger partial charge in [-0.2, -0.15) is 9.97 Å². The number of nitrogens with zero attached hydrogens (tertiary/aromatic N) is 4. The number of aromatic nitrogens is 3. The van der Waals surface area contributed by atoms with Crippen LogP contribution in [0.1, 0.15) is 12.5 Å². The van der Waals surface area contributed by atoms with Gasteiger partial charge in [0.15, 0.2) is 5.82 Å². The Morgan fingerprint density at radius 2 is 2.06 bits per heavy atom. The summed E-state index contributed by atoms with van der Waals surface area (Å²) < 4.78 is 41.7. The van der Waals surface area contributed by atoms with Gasteiger partial charge in [0.25, 0.3) is 0 Å². The summed E-state index contributed by atoms with van der Waals surface area (Å²) in [5.74, 6) is -0.960. The quantitative estimate of drug-likeness (QED) is 0.430. The molecule has 1 aliphatic heterocycles. The number of methoxy groups -OCH3 is 1. The number of aromatic hydroxyl groups is 1. The van der Waals surface area contributed by atoms with E-state index >= 15 is 4.39 Å². The summed E-state index contributed by atoms with van der Waals surface area (Å²) in [6.07, 6.45) is 1.85. The highest BCUT2D eigenvalue weighted by Crippen LogP contribution is 2.39.